The molecule has 0 amide bonds. The minimum atomic E-state index is -0.148. The van der Waals surface area contributed by atoms with Crippen molar-refractivity contribution in [2.75, 3.05) is 13.2 Å². The number of hydrogen-bond donors (Lipinski definition) is 0. The Balaban J connectivity index is 1.87. The Labute approximate surface area is 115 Å². The quantitative estimate of drug-likeness (QED) is 0.825. The van der Waals surface area contributed by atoms with E-state index in [9.17, 15) is 5.26 Å². The van der Waals surface area contributed by atoms with Gasteiger partial charge in [-0.25, -0.2) is 0 Å². The first-order chi connectivity index (χ1) is 9.12. The molecule has 2 fully saturated rings. The zero-order chi connectivity index (χ0) is 13.5. The van der Waals surface area contributed by atoms with Crippen LogP contribution in [0.15, 0.2) is 24.3 Å². The summed E-state index contributed by atoms with van der Waals surface area (Å²) < 4.78 is 5.46. The molecule has 1 aromatic carbocycles. The van der Waals surface area contributed by atoms with Crippen LogP contribution in [0.4, 0.5) is 0 Å². The Morgan fingerprint density at radius 2 is 1.84 bits per heavy atom. The van der Waals surface area contributed by atoms with Gasteiger partial charge in [-0.2, -0.15) is 5.26 Å². The molecule has 1 aliphatic carbocycles. The van der Waals surface area contributed by atoms with E-state index in [-0.39, 0.29) is 10.8 Å². The van der Waals surface area contributed by atoms with Crippen LogP contribution in [0.25, 0.3) is 0 Å². The maximum Gasteiger partial charge on any atom is 0.0716 e. The van der Waals surface area contributed by atoms with Crippen LogP contribution in [-0.4, -0.2) is 13.2 Å². The second kappa shape index (κ2) is 4.35. The van der Waals surface area contributed by atoms with Crippen molar-refractivity contribution in [3.8, 4) is 6.07 Å². The van der Waals surface area contributed by atoms with Crippen molar-refractivity contribution < 1.29 is 4.74 Å². The summed E-state index contributed by atoms with van der Waals surface area (Å²) in [4.78, 5) is 0. The zero-order valence-corrected chi connectivity index (χ0v) is 11.8. The predicted molar refractivity (Wildman–Crippen MR) is 74.8 cm³/mol. The first-order valence-corrected chi connectivity index (χ1v) is 7.20. The second-order valence-corrected chi connectivity index (χ2v) is 6.56. The van der Waals surface area contributed by atoms with Gasteiger partial charge in [0.15, 0.2) is 0 Å². The average Bonchev–Trinajstić information content (AvgIpc) is 3.10. The highest BCUT2D eigenvalue weighted by Crippen LogP contribution is 2.62. The lowest BCUT2D eigenvalue weighted by Gasteiger charge is -2.45. The van der Waals surface area contributed by atoms with Gasteiger partial charge in [0, 0.05) is 0 Å². The maximum absolute atomic E-state index is 9.49. The monoisotopic (exact) mass is 255 g/mol. The Morgan fingerprint density at radius 3 is 2.21 bits per heavy atom. The van der Waals surface area contributed by atoms with Crippen LogP contribution < -0.4 is 0 Å². The van der Waals surface area contributed by atoms with Crippen LogP contribution in [0, 0.1) is 22.7 Å². The van der Waals surface area contributed by atoms with Gasteiger partial charge in [-0.05, 0) is 36.3 Å². The number of rotatable bonds is 4. The van der Waals surface area contributed by atoms with E-state index in [1.807, 2.05) is 0 Å². The summed E-state index contributed by atoms with van der Waals surface area (Å²) in [6, 6.07) is 11.5. The average molecular weight is 255 g/mol. The summed E-state index contributed by atoms with van der Waals surface area (Å²) in [6.45, 7) is 5.91. The lowest BCUT2D eigenvalue weighted by atomic mass is 9.66. The highest BCUT2D eigenvalue weighted by atomic mass is 16.5. The molecule has 1 saturated heterocycles. The van der Waals surface area contributed by atoms with Gasteiger partial charge >= 0.3 is 0 Å². The molecule has 0 spiro atoms. The molecule has 1 aliphatic heterocycles. The summed E-state index contributed by atoms with van der Waals surface area (Å²) in [5.41, 5.74) is 2.50. The van der Waals surface area contributed by atoms with Crippen LogP contribution >= 0.6 is 0 Å². The molecule has 0 atom stereocenters. The molecule has 0 N–H and O–H groups in total. The van der Waals surface area contributed by atoms with E-state index in [1.165, 1.54) is 11.1 Å². The van der Waals surface area contributed by atoms with Crippen LogP contribution in [0.5, 0.6) is 0 Å². The smallest absolute Gasteiger partial charge is 0.0716 e. The van der Waals surface area contributed by atoms with Crippen LogP contribution in [-0.2, 0) is 16.6 Å². The molecule has 0 radical (unpaired) electrons. The molecular weight excluding hydrogens is 234 g/mol. The molecule has 0 unspecified atom stereocenters. The van der Waals surface area contributed by atoms with Crippen molar-refractivity contribution in [2.24, 2.45) is 11.3 Å². The topological polar surface area (TPSA) is 33.0 Å². The molecule has 100 valence electrons. The van der Waals surface area contributed by atoms with Crippen molar-refractivity contribution in [3.05, 3.63) is 35.4 Å². The van der Waals surface area contributed by atoms with Crippen LogP contribution in [0.3, 0.4) is 0 Å². The van der Waals surface area contributed by atoms with Gasteiger partial charge in [0.2, 0.25) is 0 Å². The molecule has 3 rings (SSSR count). The molecule has 2 nitrogen and oxygen atoms in total. The number of hydrogen-bond acceptors (Lipinski definition) is 2. The van der Waals surface area contributed by atoms with E-state index in [4.69, 9.17) is 4.74 Å². The van der Waals surface area contributed by atoms with Gasteiger partial charge < -0.3 is 4.74 Å². The fourth-order valence-electron chi connectivity index (χ4n) is 3.28. The first kappa shape index (κ1) is 12.7. The van der Waals surface area contributed by atoms with Crippen LogP contribution in [0.2, 0.25) is 0 Å². The number of nitrogens with zero attached hydrogens (tertiary/aromatic N) is 1. The molecule has 1 saturated carbocycles. The maximum atomic E-state index is 9.49. The van der Waals surface area contributed by atoms with Crippen molar-refractivity contribution >= 4 is 0 Å². The number of ether oxygens (including phenoxy) is 1. The van der Waals surface area contributed by atoms with Crippen LogP contribution in [0.1, 0.15) is 37.8 Å². The molecule has 0 aromatic heterocycles. The summed E-state index contributed by atoms with van der Waals surface area (Å²) in [7, 11) is 0. The zero-order valence-electron chi connectivity index (χ0n) is 11.8. The first-order valence-electron chi connectivity index (χ1n) is 7.20. The van der Waals surface area contributed by atoms with E-state index in [0.717, 1.165) is 19.3 Å². The van der Waals surface area contributed by atoms with Gasteiger partial charge in [0.1, 0.15) is 0 Å². The van der Waals surface area contributed by atoms with Crippen molar-refractivity contribution in [2.45, 2.75) is 38.5 Å². The third-order valence-electron chi connectivity index (χ3n) is 4.73. The Hall–Kier alpha value is -1.33. The largest absolute Gasteiger partial charge is 0.379 e. The molecule has 2 aliphatic rings. The van der Waals surface area contributed by atoms with E-state index in [0.29, 0.717) is 19.1 Å². The Kier molecular flexibility index (Phi) is 2.91. The fourth-order valence-corrected chi connectivity index (χ4v) is 3.28. The van der Waals surface area contributed by atoms with E-state index < -0.39 is 0 Å². The van der Waals surface area contributed by atoms with Gasteiger partial charge in [-0.3, -0.25) is 0 Å². The summed E-state index contributed by atoms with van der Waals surface area (Å²) in [6.07, 6.45) is 3.17. The SMILES string of the molecule is CC(C)Cc1ccc(C2(C3(C#N)CC3)COC2)cc1. The molecular formula is C17H21NO. The molecule has 1 heterocycles. The highest BCUT2D eigenvalue weighted by molar-refractivity contribution is 5.40. The van der Waals surface area contributed by atoms with E-state index in [1.54, 1.807) is 0 Å². The minimum Gasteiger partial charge on any atom is -0.379 e. The summed E-state index contributed by atoms with van der Waals surface area (Å²) in [5, 5.41) is 9.49. The predicted octanol–water partition coefficient (Wildman–Crippen LogP) is 3.46. The van der Waals surface area contributed by atoms with Gasteiger partial charge in [-0.1, -0.05) is 38.1 Å². The minimum absolute atomic E-state index is 0.0297. The molecule has 19 heavy (non-hydrogen) atoms. The third-order valence-corrected chi connectivity index (χ3v) is 4.73. The lowest BCUT2D eigenvalue weighted by Crippen LogP contribution is -2.53. The van der Waals surface area contributed by atoms with Gasteiger partial charge in [-0.15, -0.1) is 0 Å². The third kappa shape index (κ3) is 1.88. The standard InChI is InChI=1S/C17H21NO/c1-13(2)9-14-3-5-15(6-4-14)17(11-19-12-17)16(10-18)7-8-16/h3-6,13H,7-9,11-12H2,1-2H3. The molecule has 2 heteroatoms. The van der Waals surface area contributed by atoms with Crippen molar-refractivity contribution in [1.82, 2.24) is 0 Å². The van der Waals surface area contributed by atoms with Crippen molar-refractivity contribution in [1.29, 1.82) is 5.26 Å². The van der Waals surface area contributed by atoms with E-state index in [2.05, 4.69) is 44.2 Å². The number of benzene rings is 1. The number of nitriles is 1. The summed E-state index contributed by atoms with van der Waals surface area (Å²) in [5.74, 6) is 0.681. The normalized spacial score (nSPS) is 22.6. The highest BCUT2D eigenvalue weighted by Gasteiger charge is 2.64. The Bertz CT molecular complexity index is 501. The molecule has 1 aromatic rings. The fraction of sp³-hybridized carbons (Fsp3) is 0.588. The second-order valence-electron chi connectivity index (χ2n) is 6.56. The van der Waals surface area contributed by atoms with Crippen molar-refractivity contribution in [3.63, 3.8) is 0 Å². The molecule has 0 bridgehead atoms. The Morgan fingerprint density at radius 1 is 1.21 bits per heavy atom. The van der Waals surface area contributed by atoms with Gasteiger partial charge in [0.05, 0.1) is 30.1 Å². The van der Waals surface area contributed by atoms with Gasteiger partial charge in [0.25, 0.3) is 0 Å². The van der Waals surface area contributed by atoms with E-state index >= 15 is 0 Å². The lowest BCUT2D eigenvalue weighted by molar-refractivity contribution is -0.0867. The summed E-state index contributed by atoms with van der Waals surface area (Å²) >= 11 is 0.